The highest BCUT2D eigenvalue weighted by molar-refractivity contribution is 5.79. The maximum absolute atomic E-state index is 12.4. The van der Waals surface area contributed by atoms with Crippen LogP contribution < -0.4 is 0 Å². The van der Waals surface area contributed by atoms with Gasteiger partial charge in [-0.15, -0.1) is 0 Å². The van der Waals surface area contributed by atoms with Crippen LogP contribution in [0.3, 0.4) is 0 Å². The summed E-state index contributed by atoms with van der Waals surface area (Å²) in [6, 6.07) is 8.46. The van der Waals surface area contributed by atoms with Gasteiger partial charge in [0.15, 0.2) is 0 Å². The fraction of sp³-hybridized carbons (Fsp3) is 0.562. The number of rotatable bonds is 6. The van der Waals surface area contributed by atoms with Crippen molar-refractivity contribution in [3.05, 3.63) is 35.4 Å². The van der Waals surface area contributed by atoms with E-state index in [1.165, 1.54) is 12.0 Å². The summed E-state index contributed by atoms with van der Waals surface area (Å²) in [4.78, 5) is 14.4. The number of carbonyl (C=O) groups is 1. The molecule has 1 amide bonds. The van der Waals surface area contributed by atoms with Crippen LogP contribution in [0.15, 0.2) is 24.3 Å². The molecule has 0 aromatic heterocycles. The Bertz CT molecular complexity index is 427. The number of carbonyl (C=O) groups excluding carboxylic acids is 1. The van der Waals surface area contributed by atoms with E-state index in [0.29, 0.717) is 25.4 Å². The lowest BCUT2D eigenvalue weighted by Crippen LogP contribution is -2.45. The lowest BCUT2D eigenvalue weighted by atomic mass is 9.90. The maximum Gasteiger partial charge on any atom is 0.227 e. The fourth-order valence-electron chi connectivity index (χ4n) is 2.52. The van der Waals surface area contributed by atoms with Crippen LogP contribution in [0.4, 0.5) is 0 Å². The van der Waals surface area contributed by atoms with Crippen molar-refractivity contribution >= 4 is 5.91 Å². The zero-order valence-electron chi connectivity index (χ0n) is 11.6. The highest BCUT2D eigenvalue weighted by Crippen LogP contribution is 2.25. The quantitative estimate of drug-likeness (QED) is 0.853. The lowest BCUT2D eigenvalue weighted by Gasteiger charge is -2.37. The molecule has 1 N–H and O–H groups in total. The predicted octanol–water partition coefficient (Wildman–Crippen LogP) is 2.30. The van der Waals surface area contributed by atoms with Crippen LogP contribution in [0.25, 0.3) is 0 Å². The van der Waals surface area contributed by atoms with Crippen molar-refractivity contribution in [2.45, 2.75) is 45.1 Å². The largest absolute Gasteiger partial charge is 0.396 e. The van der Waals surface area contributed by atoms with E-state index in [4.69, 9.17) is 5.11 Å². The number of benzene rings is 1. The first-order chi connectivity index (χ1) is 9.22. The van der Waals surface area contributed by atoms with Gasteiger partial charge in [0.25, 0.3) is 0 Å². The van der Waals surface area contributed by atoms with Crippen molar-refractivity contribution < 1.29 is 9.90 Å². The van der Waals surface area contributed by atoms with E-state index in [2.05, 4.69) is 0 Å². The second kappa shape index (κ2) is 6.71. The molecule has 1 fully saturated rings. The second-order valence-corrected chi connectivity index (χ2v) is 5.35. The highest BCUT2D eigenvalue weighted by Gasteiger charge is 2.28. The van der Waals surface area contributed by atoms with E-state index in [1.807, 2.05) is 36.1 Å². The molecule has 1 aliphatic rings. The molecule has 1 aromatic rings. The molecule has 0 radical (unpaired) electrons. The highest BCUT2D eigenvalue weighted by atomic mass is 16.3. The standard InChI is InChI=1S/C16H23NO2/c1-13-6-2-3-7-14(13)12-16(19)17(10-5-11-18)15-8-4-9-15/h2-3,6-7,15,18H,4-5,8-12H2,1H3. The molecule has 0 atom stereocenters. The van der Waals surface area contributed by atoms with Gasteiger partial charge in [0.1, 0.15) is 0 Å². The maximum atomic E-state index is 12.4. The van der Waals surface area contributed by atoms with Gasteiger partial charge in [-0.05, 0) is 43.7 Å². The minimum atomic E-state index is 0.154. The van der Waals surface area contributed by atoms with Gasteiger partial charge in [-0.2, -0.15) is 0 Å². The third-order valence-electron chi connectivity index (χ3n) is 4.00. The molecule has 3 nitrogen and oxygen atoms in total. The number of nitrogens with zero attached hydrogens (tertiary/aromatic N) is 1. The van der Waals surface area contributed by atoms with Crippen LogP contribution in [0.5, 0.6) is 0 Å². The Balaban J connectivity index is 2.00. The zero-order valence-corrected chi connectivity index (χ0v) is 11.6. The minimum absolute atomic E-state index is 0.154. The molecule has 0 unspecified atom stereocenters. The van der Waals surface area contributed by atoms with Crippen molar-refractivity contribution in [1.29, 1.82) is 0 Å². The minimum Gasteiger partial charge on any atom is -0.396 e. The summed E-state index contributed by atoms with van der Waals surface area (Å²) >= 11 is 0. The third-order valence-corrected chi connectivity index (χ3v) is 4.00. The molecule has 0 heterocycles. The Morgan fingerprint density at radius 3 is 2.68 bits per heavy atom. The number of aryl methyl sites for hydroxylation is 1. The first-order valence-electron chi connectivity index (χ1n) is 7.17. The smallest absolute Gasteiger partial charge is 0.227 e. The molecule has 0 spiro atoms. The zero-order chi connectivity index (χ0) is 13.7. The van der Waals surface area contributed by atoms with Gasteiger partial charge in [0.05, 0.1) is 6.42 Å². The number of aliphatic hydroxyl groups is 1. The first kappa shape index (κ1) is 14.1. The SMILES string of the molecule is Cc1ccccc1CC(=O)N(CCCO)C1CCC1. The van der Waals surface area contributed by atoms with Gasteiger partial charge in [-0.25, -0.2) is 0 Å². The van der Waals surface area contributed by atoms with Crippen molar-refractivity contribution in [1.82, 2.24) is 4.90 Å². The van der Waals surface area contributed by atoms with E-state index in [9.17, 15) is 4.79 Å². The third kappa shape index (κ3) is 3.57. The normalized spacial score (nSPS) is 15.1. The molecular formula is C16H23NO2. The van der Waals surface area contributed by atoms with Gasteiger partial charge in [0, 0.05) is 19.2 Å². The molecule has 0 bridgehead atoms. The topological polar surface area (TPSA) is 40.5 Å². The van der Waals surface area contributed by atoms with Crippen LogP contribution in [0.1, 0.15) is 36.8 Å². The van der Waals surface area contributed by atoms with Crippen molar-refractivity contribution in [2.24, 2.45) is 0 Å². The summed E-state index contributed by atoms with van der Waals surface area (Å²) in [5, 5.41) is 8.97. The summed E-state index contributed by atoms with van der Waals surface area (Å²) in [5.74, 6) is 0.201. The summed E-state index contributed by atoms with van der Waals surface area (Å²) in [6.45, 7) is 2.89. The molecule has 3 heteroatoms. The average Bonchev–Trinajstić information content (AvgIpc) is 2.34. The molecule has 104 valence electrons. The van der Waals surface area contributed by atoms with Crippen molar-refractivity contribution in [3.8, 4) is 0 Å². The van der Waals surface area contributed by atoms with Gasteiger partial charge >= 0.3 is 0 Å². The molecule has 0 aliphatic heterocycles. The predicted molar refractivity (Wildman–Crippen MR) is 75.9 cm³/mol. The molecule has 0 saturated heterocycles. The van der Waals surface area contributed by atoms with Crippen LogP contribution in [0, 0.1) is 6.92 Å². The Kier molecular flexibility index (Phi) is 4.97. The van der Waals surface area contributed by atoms with E-state index >= 15 is 0 Å². The van der Waals surface area contributed by atoms with Crippen LogP contribution in [0.2, 0.25) is 0 Å². The molecule has 1 saturated carbocycles. The van der Waals surface area contributed by atoms with Gasteiger partial charge in [-0.3, -0.25) is 4.79 Å². The Hall–Kier alpha value is -1.35. The van der Waals surface area contributed by atoms with Gasteiger partial charge in [0.2, 0.25) is 5.91 Å². The summed E-state index contributed by atoms with van der Waals surface area (Å²) < 4.78 is 0. The lowest BCUT2D eigenvalue weighted by molar-refractivity contribution is -0.134. The monoisotopic (exact) mass is 261 g/mol. The molecule has 2 rings (SSSR count). The summed E-state index contributed by atoms with van der Waals surface area (Å²) in [7, 11) is 0. The van der Waals surface area contributed by atoms with E-state index in [0.717, 1.165) is 18.4 Å². The summed E-state index contributed by atoms with van der Waals surface area (Å²) in [6.07, 6.45) is 4.61. The molecule has 1 aliphatic carbocycles. The molecule has 19 heavy (non-hydrogen) atoms. The number of hydrogen-bond donors (Lipinski definition) is 1. The van der Waals surface area contributed by atoms with E-state index < -0.39 is 0 Å². The number of hydrogen-bond acceptors (Lipinski definition) is 2. The van der Waals surface area contributed by atoms with Crippen LogP contribution in [-0.4, -0.2) is 35.1 Å². The molecule has 1 aromatic carbocycles. The Morgan fingerprint density at radius 2 is 2.11 bits per heavy atom. The Morgan fingerprint density at radius 1 is 1.37 bits per heavy atom. The number of amides is 1. The molecular weight excluding hydrogens is 238 g/mol. The average molecular weight is 261 g/mol. The van der Waals surface area contributed by atoms with Crippen molar-refractivity contribution in [2.75, 3.05) is 13.2 Å². The van der Waals surface area contributed by atoms with Crippen LogP contribution in [-0.2, 0) is 11.2 Å². The van der Waals surface area contributed by atoms with Crippen LogP contribution >= 0.6 is 0 Å². The first-order valence-corrected chi connectivity index (χ1v) is 7.17. The van der Waals surface area contributed by atoms with E-state index in [-0.39, 0.29) is 12.5 Å². The van der Waals surface area contributed by atoms with Gasteiger partial charge < -0.3 is 10.0 Å². The van der Waals surface area contributed by atoms with Crippen molar-refractivity contribution in [3.63, 3.8) is 0 Å². The fourth-order valence-corrected chi connectivity index (χ4v) is 2.52. The number of aliphatic hydroxyl groups excluding tert-OH is 1. The Labute approximate surface area is 115 Å². The van der Waals surface area contributed by atoms with Gasteiger partial charge in [-0.1, -0.05) is 24.3 Å². The summed E-state index contributed by atoms with van der Waals surface area (Å²) in [5.41, 5.74) is 2.28. The van der Waals surface area contributed by atoms with E-state index in [1.54, 1.807) is 0 Å². The second-order valence-electron chi connectivity index (χ2n) is 5.35.